The van der Waals surface area contributed by atoms with Crippen LogP contribution in [0.1, 0.15) is 17.2 Å². The lowest BCUT2D eigenvalue weighted by molar-refractivity contribution is -0.139. The van der Waals surface area contributed by atoms with Crippen molar-refractivity contribution < 1.29 is 22.7 Å². The van der Waals surface area contributed by atoms with E-state index in [0.717, 1.165) is 12.1 Å². The van der Waals surface area contributed by atoms with Crippen LogP contribution < -0.4 is 5.73 Å². The van der Waals surface area contributed by atoms with Crippen molar-refractivity contribution in [2.45, 2.75) is 12.3 Å². The first-order valence-corrected chi connectivity index (χ1v) is 4.11. The number of aliphatic hydroxyl groups is 1. The molecule has 0 spiro atoms. The van der Waals surface area contributed by atoms with Crippen LogP contribution in [-0.2, 0) is 6.18 Å². The van der Waals surface area contributed by atoms with Crippen molar-refractivity contribution in [2.75, 3.05) is 6.54 Å². The maximum absolute atomic E-state index is 12.6. The average molecular weight is 223 g/mol. The average Bonchev–Trinajstić information content (AvgIpc) is 2.15. The number of hydrogen-bond donors (Lipinski definition) is 2. The highest BCUT2D eigenvalue weighted by Gasteiger charge is 2.35. The first-order chi connectivity index (χ1) is 6.86. The van der Waals surface area contributed by atoms with E-state index in [1.54, 1.807) is 0 Å². The molecule has 0 heterocycles. The molecule has 0 fully saturated rings. The summed E-state index contributed by atoms with van der Waals surface area (Å²) in [6.07, 6.45) is -6.14. The minimum Gasteiger partial charge on any atom is -0.387 e. The fourth-order valence-corrected chi connectivity index (χ4v) is 1.19. The molecule has 0 aliphatic rings. The monoisotopic (exact) mass is 223 g/mol. The number of rotatable bonds is 2. The smallest absolute Gasteiger partial charge is 0.387 e. The Labute approximate surface area is 83.3 Å². The SMILES string of the molecule is NCC(O)c1ccc(F)cc1C(F)(F)F. The molecule has 0 aliphatic heterocycles. The maximum atomic E-state index is 12.6. The molecule has 0 radical (unpaired) electrons. The zero-order chi connectivity index (χ0) is 11.6. The molecule has 0 aromatic heterocycles. The van der Waals surface area contributed by atoms with Crippen molar-refractivity contribution in [1.29, 1.82) is 0 Å². The van der Waals surface area contributed by atoms with Gasteiger partial charge in [0.25, 0.3) is 0 Å². The molecule has 1 atom stereocenters. The molecule has 1 aromatic rings. The molecule has 6 heteroatoms. The molecule has 1 aromatic carbocycles. The zero-order valence-corrected chi connectivity index (χ0v) is 7.55. The highest BCUT2D eigenvalue weighted by atomic mass is 19.4. The molecule has 2 nitrogen and oxygen atoms in total. The predicted molar refractivity (Wildman–Crippen MR) is 45.4 cm³/mol. The minimum absolute atomic E-state index is 0.341. The lowest BCUT2D eigenvalue weighted by Gasteiger charge is -2.16. The van der Waals surface area contributed by atoms with Crippen LogP contribution in [0.15, 0.2) is 18.2 Å². The van der Waals surface area contributed by atoms with Crippen LogP contribution in [-0.4, -0.2) is 11.7 Å². The van der Waals surface area contributed by atoms with Crippen molar-refractivity contribution in [1.82, 2.24) is 0 Å². The van der Waals surface area contributed by atoms with Gasteiger partial charge >= 0.3 is 6.18 Å². The second-order valence-electron chi connectivity index (χ2n) is 2.98. The summed E-state index contributed by atoms with van der Waals surface area (Å²) in [6, 6.07) is 2.08. The first-order valence-electron chi connectivity index (χ1n) is 4.11. The molecule has 3 N–H and O–H groups in total. The number of alkyl halides is 3. The Morgan fingerprint density at radius 1 is 1.33 bits per heavy atom. The van der Waals surface area contributed by atoms with E-state index in [1.807, 2.05) is 0 Å². The summed E-state index contributed by atoms with van der Waals surface area (Å²) in [4.78, 5) is 0. The van der Waals surface area contributed by atoms with Gasteiger partial charge in [-0.2, -0.15) is 13.2 Å². The van der Waals surface area contributed by atoms with Crippen molar-refractivity contribution in [3.8, 4) is 0 Å². The summed E-state index contributed by atoms with van der Waals surface area (Å²) in [6.45, 7) is -0.352. The van der Waals surface area contributed by atoms with Gasteiger partial charge in [-0.25, -0.2) is 4.39 Å². The van der Waals surface area contributed by atoms with Gasteiger partial charge in [0.2, 0.25) is 0 Å². The van der Waals surface area contributed by atoms with Crippen LogP contribution in [0.25, 0.3) is 0 Å². The minimum atomic E-state index is -4.70. The van der Waals surface area contributed by atoms with E-state index >= 15 is 0 Å². The molecule has 84 valence electrons. The van der Waals surface area contributed by atoms with E-state index in [1.165, 1.54) is 0 Å². The van der Waals surface area contributed by atoms with E-state index in [9.17, 15) is 22.7 Å². The summed E-state index contributed by atoms with van der Waals surface area (Å²) in [5, 5.41) is 9.22. The fourth-order valence-electron chi connectivity index (χ4n) is 1.19. The van der Waals surface area contributed by atoms with E-state index in [2.05, 4.69) is 0 Å². The number of nitrogens with two attached hydrogens (primary N) is 1. The Morgan fingerprint density at radius 3 is 2.40 bits per heavy atom. The van der Waals surface area contributed by atoms with Crippen LogP contribution >= 0.6 is 0 Å². The maximum Gasteiger partial charge on any atom is 0.416 e. The van der Waals surface area contributed by atoms with Crippen molar-refractivity contribution in [3.05, 3.63) is 35.1 Å². The highest BCUT2D eigenvalue weighted by molar-refractivity contribution is 5.32. The molecule has 0 bridgehead atoms. The third-order valence-electron chi connectivity index (χ3n) is 1.90. The highest BCUT2D eigenvalue weighted by Crippen LogP contribution is 2.34. The number of halogens is 4. The van der Waals surface area contributed by atoms with Crippen LogP contribution in [0, 0.1) is 5.82 Å². The van der Waals surface area contributed by atoms with Gasteiger partial charge < -0.3 is 10.8 Å². The normalized spacial score (nSPS) is 14.0. The van der Waals surface area contributed by atoms with E-state index in [4.69, 9.17) is 5.73 Å². The Bertz CT molecular complexity index is 350. The standard InChI is InChI=1S/C9H9F4NO/c10-5-1-2-6(8(15)4-14)7(3-5)9(11,12)13/h1-3,8,15H,4,14H2. The van der Waals surface area contributed by atoms with Gasteiger partial charge in [-0.3, -0.25) is 0 Å². The predicted octanol–water partition coefficient (Wildman–Crippen LogP) is 1.84. The second-order valence-corrected chi connectivity index (χ2v) is 2.98. The third-order valence-corrected chi connectivity index (χ3v) is 1.90. The third kappa shape index (κ3) is 2.66. The summed E-state index contributed by atoms with van der Waals surface area (Å²) >= 11 is 0. The van der Waals surface area contributed by atoms with Gasteiger partial charge in [0.15, 0.2) is 0 Å². The second kappa shape index (κ2) is 4.16. The summed E-state index contributed by atoms with van der Waals surface area (Å²) < 4.78 is 49.9. The molecule has 0 amide bonds. The molecule has 0 saturated carbocycles. The molecule has 15 heavy (non-hydrogen) atoms. The van der Waals surface area contributed by atoms with Crippen molar-refractivity contribution in [2.24, 2.45) is 5.73 Å². The quantitative estimate of drug-likeness (QED) is 0.751. The molecule has 1 rings (SSSR count). The van der Waals surface area contributed by atoms with E-state index in [-0.39, 0.29) is 6.54 Å². The Hall–Kier alpha value is -1.14. The van der Waals surface area contributed by atoms with Crippen LogP contribution in [0.2, 0.25) is 0 Å². The summed E-state index contributed by atoms with van der Waals surface area (Å²) in [7, 11) is 0. The van der Waals surface area contributed by atoms with Crippen LogP contribution in [0.5, 0.6) is 0 Å². The van der Waals surface area contributed by atoms with Crippen LogP contribution in [0.3, 0.4) is 0 Å². The summed E-state index contributed by atoms with van der Waals surface area (Å²) in [5.74, 6) is -1.00. The van der Waals surface area contributed by atoms with Gasteiger partial charge in [0.05, 0.1) is 11.7 Å². The number of aliphatic hydroxyl groups excluding tert-OH is 1. The lowest BCUT2D eigenvalue weighted by Crippen LogP contribution is -2.17. The fraction of sp³-hybridized carbons (Fsp3) is 0.333. The van der Waals surface area contributed by atoms with E-state index < -0.39 is 29.2 Å². The van der Waals surface area contributed by atoms with Gasteiger partial charge in [0.1, 0.15) is 5.82 Å². The topological polar surface area (TPSA) is 46.2 Å². The largest absolute Gasteiger partial charge is 0.416 e. The van der Waals surface area contributed by atoms with Gasteiger partial charge in [-0.15, -0.1) is 0 Å². The Kier molecular flexibility index (Phi) is 3.31. The van der Waals surface area contributed by atoms with Gasteiger partial charge in [0, 0.05) is 6.54 Å². The first kappa shape index (κ1) is 11.9. The van der Waals surface area contributed by atoms with Gasteiger partial charge in [-0.1, -0.05) is 6.07 Å². The molecule has 0 aliphatic carbocycles. The summed E-state index contributed by atoms with van der Waals surface area (Å²) in [5.41, 5.74) is 3.44. The number of hydrogen-bond acceptors (Lipinski definition) is 2. The Morgan fingerprint density at radius 2 is 1.93 bits per heavy atom. The van der Waals surface area contributed by atoms with E-state index in [0.29, 0.717) is 6.07 Å². The van der Waals surface area contributed by atoms with Gasteiger partial charge in [-0.05, 0) is 17.7 Å². The molecular formula is C9H9F4NO. The van der Waals surface area contributed by atoms with Crippen molar-refractivity contribution in [3.63, 3.8) is 0 Å². The van der Waals surface area contributed by atoms with Crippen LogP contribution in [0.4, 0.5) is 17.6 Å². The number of benzene rings is 1. The Balaban J connectivity index is 3.27. The molecule has 1 unspecified atom stereocenters. The lowest BCUT2D eigenvalue weighted by atomic mass is 10.0. The van der Waals surface area contributed by atoms with Crippen molar-refractivity contribution >= 4 is 0 Å². The molecule has 0 saturated heterocycles. The molecular weight excluding hydrogens is 214 g/mol. The zero-order valence-electron chi connectivity index (χ0n) is 7.55.